The minimum atomic E-state index is -4.12. The largest absolute Gasteiger partial charge is 0.352 e. The number of carbonyl (C=O) groups excluding carboxylic acids is 1. The molecule has 0 radical (unpaired) electrons. The zero-order valence-corrected chi connectivity index (χ0v) is 16.9. The van der Waals surface area contributed by atoms with Crippen molar-refractivity contribution in [3.63, 3.8) is 0 Å². The molecule has 1 saturated heterocycles. The highest BCUT2D eigenvalue weighted by atomic mass is 32.2. The fourth-order valence-electron chi connectivity index (χ4n) is 3.88. The predicted molar refractivity (Wildman–Crippen MR) is 101 cm³/mol. The number of hydrogen-bond acceptors (Lipinski definition) is 4. The van der Waals surface area contributed by atoms with Gasteiger partial charge in [0, 0.05) is 32.2 Å². The summed E-state index contributed by atoms with van der Waals surface area (Å²) in [6, 6.07) is 2.27. The van der Waals surface area contributed by atoms with Gasteiger partial charge in [0.1, 0.15) is 16.5 Å². The maximum absolute atomic E-state index is 13.9. The zero-order valence-electron chi connectivity index (χ0n) is 16.0. The van der Waals surface area contributed by atoms with Crippen molar-refractivity contribution in [1.82, 2.24) is 14.5 Å². The number of nitrogens with zero attached hydrogens (tertiary/aromatic N) is 2. The lowest BCUT2D eigenvalue weighted by molar-refractivity contribution is -0.127. The molecule has 1 aliphatic carbocycles. The lowest BCUT2D eigenvalue weighted by Gasteiger charge is -2.37. The van der Waals surface area contributed by atoms with Crippen LogP contribution >= 0.6 is 0 Å². The molecule has 1 heterocycles. The Balaban J connectivity index is 1.58. The smallest absolute Gasteiger partial charge is 0.246 e. The SMILES string of the molecule is C[C@H](C(=O)NC1CCCCC1)N1CCN(S(=O)(=O)c2cc(F)ccc2F)CC1. The summed E-state index contributed by atoms with van der Waals surface area (Å²) in [6.07, 6.45) is 5.48. The molecule has 0 aromatic heterocycles. The molecule has 1 amide bonds. The van der Waals surface area contributed by atoms with Crippen LogP contribution in [0.5, 0.6) is 0 Å². The maximum Gasteiger partial charge on any atom is 0.246 e. The van der Waals surface area contributed by atoms with E-state index in [9.17, 15) is 22.0 Å². The van der Waals surface area contributed by atoms with Gasteiger partial charge in [-0.15, -0.1) is 0 Å². The van der Waals surface area contributed by atoms with Crippen molar-refractivity contribution in [2.24, 2.45) is 0 Å². The Kier molecular flexibility index (Phi) is 6.67. The minimum Gasteiger partial charge on any atom is -0.352 e. The number of sulfonamides is 1. The normalized spacial score (nSPS) is 21.4. The Labute approximate surface area is 164 Å². The first kappa shape index (κ1) is 21.1. The van der Waals surface area contributed by atoms with Crippen LogP contribution in [0, 0.1) is 11.6 Å². The Morgan fingerprint density at radius 2 is 1.75 bits per heavy atom. The van der Waals surface area contributed by atoms with Gasteiger partial charge in [-0.05, 0) is 38.0 Å². The third kappa shape index (κ3) is 4.69. The molecule has 9 heteroatoms. The second-order valence-electron chi connectivity index (χ2n) is 7.53. The Morgan fingerprint density at radius 1 is 1.11 bits per heavy atom. The van der Waals surface area contributed by atoms with E-state index in [0.29, 0.717) is 19.2 Å². The average molecular weight is 416 g/mol. The van der Waals surface area contributed by atoms with Crippen molar-refractivity contribution in [3.05, 3.63) is 29.8 Å². The van der Waals surface area contributed by atoms with Crippen molar-refractivity contribution >= 4 is 15.9 Å². The number of halogens is 2. The quantitative estimate of drug-likeness (QED) is 0.800. The molecule has 156 valence electrons. The van der Waals surface area contributed by atoms with Crippen LogP contribution in [0.4, 0.5) is 8.78 Å². The fourth-order valence-corrected chi connectivity index (χ4v) is 5.38. The molecule has 0 unspecified atom stereocenters. The van der Waals surface area contributed by atoms with Crippen molar-refractivity contribution in [3.8, 4) is 0 Å². The van der Waals surface area contributed by atoms with Gasteiger partial charge in [0.2, 0.25) is 15.9 Å². The number of piperazine rings is 1. The van der Waals surface area contributed by atoms with Gasteiger partial charge in [-0.2, -0.15) is 4.31 Å². The van der Waals surface area contributed by atoms with Crippen LogP contribution in [0.3, 0.4) is 0 Å². The van der Waals surface area contributed by atoms with Crippen molar-refractivity contribution in [2.75, 3.05) is 26.2 Å². The third-order valence-corrected chi connectivity index (χ3v) is 7.58. The molecule has 2 fully saturated rings. The van der Waals surface area contributed by atoms with E-state index in [2.05, 4.69) is 5.32 Å². The predicted octanol–water partition coefficient (Wildman–Crippen LogP) is 2.11. The van der Waals surface area contributed by atoms with Crippen LogP contribution in [-0.4, -0.2) is 61.8 Å². The lowest BCUT2D eigenvalue weighted by atomic mass is 9.95. The molecule has 2 aliphatic rings. The van der Waals surface area contributed by atoms with Gasteiger partial charge in [0.05, 0.1) is 6.04 Å². The van der Waals surface area contributed by atoms with Crippen LogP contribution in [-0.2, 0) is 14.8 Å². The monoisotopic (exact) mass is 415 g/mol. The minimum absolute atomic E-state index is 0.0422. The van der Waals surface area contributed by atoms with Crippen molar-refractivity contribution in [1.29, 1.82) is 0 Å². The number of carbonyl (C=O) groups is 1. The molecule has 1 atom stereocenters. The molecule has 1 aliphatic heterocycles. The second-order valence-corrected chi connectivity index (χ2v) is 9.44. The van der Waals surface area contributed by atoms with Crippen LogP contribution in [0.1, 0.15) is 39.0 Å². The number of nitrogens with one attached hydrogen (secondary N) is 1. The first-order valence-corrected chi connectivity index (χ1v) is 11.2. The summed E-state index contributed by atoms with van der Waals surface area (Å²) < 4.78 is 53.8. The van der Waals surface area contributed by atoms with Gasteiger partial charge in [-0.25, -0.2) is 17.2 Å². The van der Waals surface area contributed by atoms with Crippen LogP contribution in [0.15, 0.2) is 23.1 Å². The summed E-state index contributed by atoms with van der Waals surface area (Å²) in [4.78, 5) is 13.8. The molecule has 0 spiro atoms. The van der Waals surface area contributed by atoms with E-state index >= 15 is 0 Å². The molecular formula is C19H27F2N3O3S. The molecule has 6 nitrogen and oxygen atoms in total. The molecule has 0 bridgehead atoms. The van der Waals surface area contributed by atoms with Gasteiger partial charge < -0.3 is 5.32 Å². The molecule has 1 aromatic rings. The number of amides is 1. The maximum atomic E-state index is 13.9. The first-order chi connectivity index (χ1) is 13.3. The highest BCUT2D eigenvalue weighted by Crippen LogP contribution is 2.22. The Bertz CT molecular complexity index is 805. The number of rotatable bonds is 5. The Morgan fingerprint density at radius 3 is 2.39 bits per heavy atom. The van der Waals surface area contributed by atoms with E-state index in [1.165, 1.54) is 6.42 Å². The van der Waals surface area contributed by atoms with E-state index < -0.39 is 26.6 Å². The summed E-state index contributed by atoms with van der Waals surface area (Å²) in [5, 5.41) is 3.09. The molecule has 1 aromatic carbocycles. The number of hydrogen-bond donors (Lipinski definition) is 1. The fraction of sp³-hybridized carbons (Fsp3) is 0.632. The highest BCUT2D eigenvalue weighted by Gasteiger charge is 2.33. The summed E-state index contributed by atoms with van der Waals surface area (Å²) in [7, 11) is -4.12. The second kappa shape index (κ2) is 8.84. The van der Waals surface area contributed by atoms with Gasteiger partial charge in [-0.1, -0.05) is 19.3 Å². The van der Waals surface area contributed by atoms with Gasteiger partial charge >= 0.3 is 0 Å². The summed E-state index contributed by atoms with van der Waals surface area (Å²) >= 11 is 0. The zero-order chi connectivity index (χ0) is 20.3. The van der Waals surface area contributed by atoms with E-state index in [0.717, 1.165) is 42.1 Å². The van der Waals surface area contributed by atoms with Crippen LogP contribution in [0.25, 0.3) is 0 Å². The van der Waals surface area contributed by atoms with Gasteiger partial charge in [0.15, 0.2) is 0 Å². The van der Waals surface area contributed by atoms with E-state index in [1.54, 1.807) is 0 Å². The average Bonchev–Trinajstić information content (AvgIpc) is 2.70. The van der Waals surface area contributed by atoms with Crippen LogP contribution in [0.2, 0.25) is 0 Å². The molecule has 1 N–H and O–H groups in total. The Hall–Kier alpha value is -1.58. The topological polar surface area (TPSA) is 69.7 Å². The van der Waals surface area contributed by atoms with Gasteiger partial charge in [0.25, 0.3) is 0 Å². The van der Waals surface area contributed by atoms with Gasteiger partial charge in [-0.3, -0.25) is 9.69 Å². The van der Waals surface area contributed by atoms with Crippen LogP contribution < -0.4 is 5.32 Å². The summed E-state index contributed by atoms with van der Waals surface area (Å²) in [5.41, 5.74) is 0. The summed E-state index contributed by atoms with van der Waals surface area (Å²) in [6.45, 7) is 2.78. The first-order valence-electron chi connectivity index (χ1n) is 9.78. The molecular weight excluding hydrogens is 388 g/mol. The lowest BCUT2D eigenvalue weighted by Crippen LogP contribution is -2.56. The van der Waals surface area contributed by atoms with E-state index in [1.807, 2.05) is 11.8 Å². The van der Waals surface area contributed by atoms with Crippen molar-refractivity contribution < 1.29 is 22.0 Å². The van der Waals surface area contributed by atoms with Crippen molar-refractivity contribution in [2.45, 2.75) is 56.0 Å². The van der Waals surface area contributed by atoms with E-state index in [4.69, 9.17) is 0 Å². The highest BCUT2D eigenvalue weighted by molar-refractivity contribution is 7.89. The molecule has 3 rings (SSSR count). The number of benzene rings is 1. The molecule has 28 heavy (non-hydrogen) atoms. The third-order valence-electron chi connectivity index (χ3n) is 5.66. The van der Waals surface area contributed by atoms with E-state index in [-0.39, 0.29) is 31.1 Å². The molecule has 1 saturated carbocycles. The summed E-state index contributed by atoms with van der Waals surface area (Å²) in [5.74, 6) is -1.81. The standard InChI is InChI=1S/C19H27F2N3O3S/c1-14(19(25)22-16-5-3-2-4-6-16)23-9-11-24(12-10-23)28(26,27)18-13-15(20)7-8-17(18)21/h7-8,13-14,16H,2-6,9-12H2,1H3,(H,22,25)/t14-/m1/s1.